The average molecular weight is 257 g/mol. The van der Waals surface area contributed by atoms with Crippen molar-refractivity contribution in [3.8, 4) is 5.69 Å². The zero-order chi connectivity index (χ0) is 13.2. The average Bonchev–Trinajstić information content (AvgIpc) is 3.02. The van der Waals surface area contributed by atoms with Crippen molar-refractivity contribution in [3.63, 3.8) is 0 Å². The summed E-state index contributed by atoms with van der Waals surface area (Å²) < 4.78 is 2.07. The van der Waals surface area contributed by atoms with E-state index in [0.717, 1.165) is 17.9 Å². The van der Waals surface area contributed by atoms with E-state index in [2.05, 4.69) is 51.6 Å². The van der Waals surface area contributed by atoms with Crippen LogP contribution in [0.1, 0.15) is 19.7 Å². The lowest BCUT2D eigenvalue weighted by Crippen LogP contribution is -2.30. The van der Waals surface area contributed by atoms with Crippen molar-refractivity contribution in [1.29, 1.82) is 0 Å². The lowest BCUT2D eigenvalue weighted by molar-refractivity contribution is 0.430. The second-order valence-corrected chi connectivity index (χ2v) is 5.19. The molecule has 5 heteroatoms. The van der Waals surface area contributed by atoms with Crippen LogP contribution in [0, 0.1) is 5.92 Å². The van der Waals surface area contributed by atoms with Gasteiger partial charge in [-0.2, -0.15) is 0 Å². The van der Waals surface area contributed by atoms with Crippen molar-refractivity contribution >= 4 is 0 Å². The van der Waals surface area contributed by atoms with Crippen LogP contribution in [0.25, 0.3) is 5.69 Å². The van der Waals surface area contributed by atoms with Crippen molar-refractivity contribution < 1.29 is 0 Å². The van der Waals surface area contributed by atoms with Crippen LogP contribution in [0.4, 0.5) is 0 Å². The van der Waals surface area contributed by atoms with Crippen molar-refractivity contribution in [2.45, 2.75) is 32.4 Å². The van der Waals surface area contributed by atoms with Crippen LogP contribution in [0.2, 0.25) is 0 Å². The van der Waals surface area contributed by atoms with Crippen LogP contribution < -0.4 is 10.9 Å². The van der Waals surface area contributed by atoms with Gasteiger partial charge in [-0.25, -0.2) is 0 Å². The summed E-state index contributed by atoms with van der Waals surface area (Å²) in [6, 6.07) is 11.1. The van der Waals surface area contributed by atoms with Crippen LogP contribution in [-0.4, -0.2) is 26.8 Å². The number of hydrazine groups is 1. The first-order valence-electron chi connectivity index (χ1n) is 6.71. The highest BCUT2D eigenvalue weighted by atomic mass is 15.4. The SMILES string of the molecule is CC1NNC(C)C1Cc1nncn1-c1ccccc1. The van der Waals surface area contributed by atoms with E-state index in [4.69, 9.17) is 0 Å². The lowest BCUT2D eigenvalue weighted by Gasteiger charge is -2.17. The van der Waals surface area contributed by atoms with Crippen LogP contribution in [-0.2, 0) is 6.42 Å². The normalized spacial score (nSPS) is 26.7. The number of nitrogens with one attached hydrogen (secondary N) is 2. The molecule has 0 amide bonds. The summed E-state index contributed by atoms with van der Waals surface area (Å²) in [5, 5.41) is 8.35. The molecule has 2 atom stereocenters. The molecular formula is C14H19N5. The first kappa shape index (κ1) is 12.3. The molecule has 1 aliphatic rings. The summed E-state index contributed by atoms with van der Waals surface area (Å²) in [4.78, 5) is 0. The minimum Gasteiger partial charge on any atom is -0.286 e. The molecule has 1 fully saturated rings. The van der Waals surface area contributed by atoms with Crippen LogP contribution in [0.3, 0.4) is 0 Å². The molecule has 100 valence electrons. The third-order valence-corrected chi connectivity index (χ3v) is 3.89. The zero-order valence-electron chi connectivity index (χ0n) is 11.2. The summed E-state index contributed by atoms with van der Waals surface area (Å²) in [7, 11) is 0. The second-order valence-electron chi connectivity index (χ2n) is 5.19. The van der Waals surface area contributed by atoms with Gasteiger partial charge in [0.1, 0.15) is 12.2 Å². The van der Waals surface area contributed by atoms with E-state index in [1.54, 1.807) is 6.33 Å². The van der Waals surface area contributed by atoms with E-state index < -0.39 is 0 Å². The Morgan fingerprint density at radius 3 is 2.47 bits per heavy atom. The quantitative estimate of drug-likeness (QED) is 0.870. The molecule has 2 heterocycles. The molecule has 0 aliphatic carbocycles. The van der Waals surface area contributed by atoms with Gasteiger partial charge in [0.25, 0.3) is 0 Å². The number of benzene rings is 1. The van der Waals surface area contributed by atoms with Gasteiger partial charge < -0.3 is 0 Å². The highest BCUT2D eigenvalue weighted by molar-refractivity contribution is 5.32. The Balaban J connectivity index is 1.85. The molecule has 1 saturated heterocycles. The molecule has 2 N–H and O–H groups in total. The summed E-state index contributed by atoms with van der Waals surface area (Å²) in [5.41, 5.74) is 7.68. The lowest BCUT2D eigenvalue weighted by atomic mass is 9.93. The zero-order valence-corrected chi connectivity index (χ0v) is 11.2. The van der Waals surface area contributed by atoms with Gasteiger partial charge in [0.2, 0.25) is 0 Å². The Morgan fingerprint density at radius 2 is 1.79 bits per heavy atom. The highest BCUT2D eigenvalue weighted by Crippen LogP contribution is 2.20. The Bertz CT molecular complexity index is 526. The number of nitrogens with zero attached hydrogens (tertiary/aromatic N) is 3. The Morgan fingerprint density at radius 1 is 1.11 bits per heavy atom. The standard InChI is InChI=1S/C14H19N5/c1-10-13(11(2)17-16-10)8-14-18-15-9-19(14)12-6-4-3-5-7-12/h3-7,9-11,13,16-17H,8H2,1-2H3. The fraction of sp³-hybridized carbons (Fsp3) is 0.429. The third kappa shape index (κ3) is 2.39. The predicted molar refractivity (Wildman–Crippen MR) is 73.7 cm³/mol. The molecule has 1 aromatic carbocycles. The van der Waals surface area contributed by atoms with Crippen molar-refractivity contribution in [3.05, 3.63) is 42.5 Å². The summed E-state index contributed by atoms with van der Waals surface area (Å²) in [6.45, 7) is 4.40. The Kier molecular flexibility index (Phi) is 3.31. The number of para-hydroxylation sites is 1. The van der Waals surface area contributed by atoms with E-state index >= 15 is 0 Å². The van der Waals surface area contributed by atoms with E-state index in [0.29, 0.717) is 18.0 Å². The van der Waals surface area contributed by atoms with Gasteiger partial charge in [0, 0.05) is 24.2 Å². The minimum atomic E-state index is 0.441. The van der Waals surface area contributed by atoms with Gasteiger partial charge >= 0.3 is 0 Å². The maximum atomic E-state index is 4.28. The Labute approximate surface area is 113 Å². The molecule has 1 aliphatic heterocycles. The largest absolute Gasteiger partial charge is 0.286 e. The van der Waals surface area contributed by atoms with Gasteiger partial charge in [0.05, 0.1) is 0 Å². The third-order valence-electron chi connectivity index (χ3n) is 3.89. The van der Waals surface area contributed by atoms with E-state index in [9.17, 15) is 0 Å². The van der Waals surface area contributed by atoms with E-state index in [1.165, 1.54) is 0 Å². The van der Waals surface area contributed by atoms with Crippen LogP contribution >= 0.6 is 0 Å². The first-order valence-corrected chi connectivity index (χ1v) is 6.71. The van der Waals surface area contributed by atoms with Gasteiger partial charge in [-0.15, -0.1) is 10.2 Å². The van der Waals surface area contributed by atoms with Gasteiger partial charge in [-0.1, -0.05) is 18.2 Å². The summed E-state index contributed by atoms with van der Waals surface area (Å²) in [5.74, 6) is 1.53. The molecule has 0 saturated carbocycles. The molecular weight excluding hydrogens is 238 g/mol. The topological polar surface area (TPSA) is 54.8 Å². The molecule has 19 heavy (non-hydrogen) atoms. The minimum absolute atomic E-state index is 0.441. The molecule has 0 radical (unpaired) electrons. The number of rotatable bonds is 3. The second kappa shape index (κ2) is 5.11. The number of hydrogen-bond acceptors (Lipinski definition) is 4. The first-order chi connectivity index (χ1) is 9.25. The van der Waals surface area contributed by atoms with Gasteiger partial charge in [-0.3, -0.25) is 15.4 Å². The smallest absolute Gasteiger partial charge is 0.137 e. The predicted octanol–water partition coefficient (Wildman–Crippen LogP) is 1.31. The summed E-state index contributed by atoms with van der Waals surface area (Å²) >= 11 is 0. The fourth-order valence-electron chi connectivity index (χ4n) is 2.68. The molecule has 2 aromatic rings. The van der Waals surface area contributed by atoms with Crippen LogP contribution in [0.5, 0.6) is 0 Å². The van der Waals surface area contributed by atoms with Crippen molar-refractivity contribution in [2.24, 2.45) is 5.92 Å². The molecule has 2 unspecified atom stereocenters. The maximum Gasteiger partial charge on any atom is 0.137 e. The Hall–Kier alpha value is -1.72. The molecule has 1 aromatic heterocycles. The van der Waals surface area contributed by atoms with Crippen molar-refractivity contribution in [1.82, 2.24) is 25.6 Å². The summed E-state index contributed by atoms with van der Waals surface area (Å²) in [6.07, 6.45) is 2.70. The van der Waals surface area contributed by atoms with E-state index in [1.807, 2.05) is 18.2 Å². The maximum absolute atomic E-state index is 4.28. The fourth-order valence-corrected chi connectivity index (χ4v) is 2.68. The highest BCUT2D eigenvalue weighted by Gasteiger charge is 2.31. The monoisotopic (exact) mass is 257 g/mol. The van der Waals surface area contributed by atoms with Gasteiger partial charge in [0.15, 0.2) is 0 Å². The number of aromatic nitrogens is 3. The molecule has 5 nitrogen and oxygen atoms in total. The molecule has 0 spiro atoms. The molecule has 3 rings (SSSR count). The van der Waals surface area contributed by atoms with E-state index in [-0.39, 0.29) is 0 Å². The number of hydrogen-bond donors (Lipinski definition) is 2. The van der Waals surface area contributed by atoms with Crippen molar-refractivity contribution in [2.75, 3.05) is 0 Å². The van der Waals surface area contributed by atoms with Gasteiger partial charge in [-0.05, 0) is 31.9 Å². The molecule has 0 bridgehead atoms. The van der Waals surface area contributed by atoms with Crippen LogP contribution in [0.15, 0.2) is 36.7 Å².